The third-order valence-electron chi connectivity index (χ3n) is 5.06. The Kier molecular flexibility index (Phi) is 6.33. The number of aryl methyl sites for hydroxylation is 2. The molecule has 1 aliphatic heterocycles. The molecule has 0 amide bonds. The zero-order valence-electron chi connectivity index (χ0n) is 16.5. The van der Waals surface area contributed by atoms with Crippen LogP contribution in [-0.2, 0) is 22.4 Å². The average Bonchev–Trinajstić information content (AvgIpc) is 3.38. The van der Waals surface area contributed by atoms with E-state index in [-0.39, 0.29) is 11.9 Å². The van der Waals surface area contributed by atoms with Crippen molar-refractivity contribution in [2.24, 2.45) is 0 Å². The van der Waals surface area contributed by atoms with Gasteiger partial charge in [-0.3, -0.25) is 0 Å². The number of ether oxygens (including phenoxy) is 2. The van der Waals surface area contributed by atoms with Crippen molar-refractivity contribution in [3.8, 4) is 0 Å². The van der Waals surface area contributed by atoms with Crippen molar-refractivity contribution in [3.63, 3.8) is 0 Å². The number of aromatic nitrogens is 2. The first-order chi connectivity index (χ1) is 14.1. The van der Waals surface area contributed by atoms with Gasteiger partial charge in [-0.05, 0) is 43.2 Å². The summed E-state index contributed by atoms with van der Waals surface area (Å²) in [5, 5.41) is 0. The number of hydrogen-bond acceptors (Lipinski definition) is 4. The fourth-order valence-corrected chi connectivity index (χ4v) is 4.33. The second kappa shape index (κ2) is 9.11. The van der Waals surface area contributed by atoms with E-state index in [0.717, 1.165) is 17.7 Å². The summed E-state index contributed by atoms with van der Waals surface area (Å²) in [7, 11) is 0. The molecule has 1 saturated heterocycles. The van der Waals surface area contributed by atoms with Crippen LogP contribution in [0, 0.1) is 12.7 Å². The second-order valence-corrected chi connectivity index (χ2v) is 8.54. The maximum Gasteiger partial charge on any atom is 0.187 e. The van der Waals surface area contributed by atoms with Crippen LogP contribution in [0.4, 0.5) is 4.39 Å². The normalized spacial score (nSPS) is 21.5. The molecule has 0 spiro atoms. The molecule has 2 aromatic carbocycles. The Labute approximate surface area is 175 Å². The van der Waals surface area contributed by atoms with Gasteiger partial charge in [0.25, 0.3) is 0 Å². The lowest BCUT2D eigenvalue weighted by Crippen LogP contribution is -2.37. The summed E-state index contributed by atoms with van der Waals surface area (Å²) in [6.45, 7) is 3.24. The quantitative estimate of drug-likeness (QED) is 0.495. The molecule has 6 heteroatoms. The number of rotatable bonds is 8. The molecule has 4 rings (SSSR count). The standard InChI is InChI=1S/C23H25FN2O2S/c1-18-2-8-22(9-3-18)29-15-21-14-27-23(28-21,16-26-13-12-25-17-26)11-10-19-4-6-20(24)7-5-19/h2-9,12-13,17,21H,10-11,14-16H2,1H3. The van der Waals surface area contributed by atoms with E-state index in [9.17, 15) is 4.39 Å². The monoisotopic (exact) mass is 412 g/mol. The number of imidazole rings is 1. The molecule has 1 aromatic heterocycles. The van der Waals surface area contributed by atoms with Crippen molar-refractivity contribution in [1.82, 2.24) is 9.55 Å². The zero-order chi connectivity index (χ0) is 20.1. The van der Waals surface area contributed by atoms with E-state index in [1.807, 2.05) is 22.9 Å². The van der Waals surface area contributed by atoms with Crippen LogP contribution in [0.2, 0.25) is 0 Å². The predicted octanol–water partition coefficient (Wildman–Crippen LogP) is 4.87. The summed E-state index contributed by atoms with van der Waals surface area (Å²) < 4.78 is 27.8. The molecule has 3 aromatic rings. The molecule has 152 valence electrons. The number of halogens is 1. The summed E-state index contributed by atoms with van der Waals surface area (Å²) >= 11 is 1.79. The van der Waals surface area contributed by atoms with Crippen molar-refractivity contribution < 1.29 is 13.9 Å². The molecule has 0 aliphatic carbocycles. The predicted molar refractivity (Wildman–Crippen MR) is 112 cm³/mol. The van der Waals surface area contributed by atoms with E-state index in [0.29, 0.717) is 19.6 Å². The summed E-state index contributed by atoms with van der Waals surface area (Å²) in [4.78, 5) is 5.37. The lowest BCUT2D eigenvalue weighted by molar-refractivity contribution is -0.180. The maximum absolute atomic E-state index is 13.2. The Morgan fingerprint density at radius 3 is 2.69 bits per heavy atom. The Morgan fingerprint density at radius 2 is 1.97 bits per heavy atom. The molecule has 0 radical (unpaired) electrons. The molecule has 29 heavy (non-hydrogen) atoms. The van der Waals surface area contributed by atoms with Crippen molar-refractivity contribution in [3.05, 3.63) is 84.2 Å². The molecule has 0 bridgehead atoms. The van der Waals surface area contributed by atoms with Crippen LogP contribution in [0.15, 0.2) is 72.1 Å². The number of benzene rings is 2. The van der Waals surface area contributed by atoms with E-state index in [1.165, 1.54) is 22.6 Å². The Balaban J connectivity index is 1.40. The molecule has 2 atom stereocenters. The minimum Gasteiger partial charge on any atom is -0.345 e. The van der Waals surface area contributed by atoms with E-state index in [2.05, 4.69) is 36.2 Å². The highest BCUT2D eigenvalue weighted by Gasteiger charge is 2.41. The van der Waals surface area contributed by atoms with Crippen molar-refractivity contribution in [1.29, 1.82) is 0 Å². The zero-order valence-corrected chi connectivity index (χ0v) is 17.3. The van der Waals surface area contributed by atoms with Crippen LogP contribution < -0.4 is 0 Å². The van der Waals surface area contributed by atoms with Gasteiger partial charge in [-0.1, -0.05) is 29.8 Å². The van der Waals surface area contributed by atoms with Gasteiger partial charge in [-0.25, -0.2) is 9.37 Å². The van der Waals surface area contributed by atoms with Crippen LogP contribution in [0.1, 0.15) is 17.5 Å². The van der Waals surface area contributed by atoms with Gasteiger partial charge in [0.05, 0.1) is 25.6 Å². The minimum atomic E-state index is -0.701. The third-order valence-corrected chi connectivity index (χ3v) is 6.21. The van der Waals surface area contributed by atoms with Crippen LogP contribution in [0.5, 0.6) is 0 Å². The number of hydrogen-bond donors (Lipinski definition) is 0. The molecular weight excluding hydrogens is 387 g/mol. The first kappa shape index (κ1) is 20.1. The van der Waals surface area contributed by atoms with Crippen LogP contribution >= 0.6 is 11.8 Å². The van der Waals surface area contributed by atoms with Gasteiger partial charge in [0.15, 0.2) is 5.79 Å². The van der Waals surface area contributed by atoms with Gasteiger partial charge in [0, 0.05) is 29.5 Å². The molecule has 2 heterocycles. The largest absolute Gasteiger partial charge is 0.345 e. The van der Waals surface area contributed by atoms with E-state index in [1.54, 1.807) is 24.3 Å². The highest BCUT2D eigenvalue weighted by molar-refractivity contribution is 7.99. The number of thioether (sulfide) groups is 1. The summed E-state index contributed by atoms with van der Waals surface area (Å²) in [6.07, 6.45) is 6.93. The molecule has 2 unspecified atom stereocenters. The van der Waals surface area contributed by atoms with Crippen LogP contribution in [-0.4, -0.2) is 33.8 Å². The van der Waals surface area contributed by atoms with Gasteiger partial charge in [-0.15, -0.1) is 11.8 Å². The first-order valence-electron chi connectivity index (χ1n) is 9.82. The van der Waals surface area contributed by atoms with Gasteiger partial charge in [0.1, 0.15) is 5.82 Å². The van der Waals surface area contributed by atoms with Crippen molar-refractivity contribution >= 4 is 11.8 Å². The third kappa shape index (κ3) is 5.47. The van der Waals surface area contributed by atoms with Gasteiger partial charge < -0.3 is 14.0 Å². The molecule has 4 nitrogen and oxygen atoms in total. The van der Waals surface area contributed by atoms with E-state index < -0.39 is 5.79 Å². The fourth-order valence-electron chi connectivity index (χ4n) is 3.46. The van der Waals surface area contributed by atoms with E-state index in [4.69, 9.17) is 9.47 Å². The van der Waals surface area contributed by atoms with Crippen molar-refractivity contribution in [2.75, 3.05) is 12.4 Å². The fraction of sp³-hybridized carbons (Fsp3) is 0.348. The molecule has 0 N–H and O–H groups in total. The molecule has 1 aliphatic rings. The molecule has 0 saturated carbocycles. The summed E-state index contributed by atoms with van der Waals surface area (Å²) in [5.74, 6) is -0.0813. The topological polar surface area (TPSA) is 36.3 Å². The van der Waals surface area contributed by atoms with E-state index >= 15 is 0 Å². The number of nitrogens with zero attached hydrogens (tertiary/aromatic N) is 2. The van der Waals surface area contributed by atoms with Gasteiger partial charge >= 0.3 is 0 Å². The van der Waals surface area contributed by atoms with Crippen LogP contribution in [0.3, 0.4) is 0 Å². The highest BCUT2D eigenvalue weighted by atomic mass is 32.2. The van der Waals surface area contributed by atoms with Crippen LogP contribution in [0.25, 0.3) is 0 Å². The van der Waals surface area contributed by atoms with Gasteiger partial charge in [-0.2, -0.15) is 0 Å². The maximum atomic E-state index is 13.2. The molecule has 1 fully saturated rings. The first-order valence-corrected chi connectivity index (χ1v) is 10.8. The van der Waals surface area contributed by atoms with Crippen molar-refractivity contribution in [2.45, 2.75) is 43.1 Å². The Bertz CT molecular complexity index is 900. The second-order valence-electron chi connectivity index (χ2n) is 7.45. The van der Waals surface area contributed by atoms with Gasteiger partial charge in [0.2, 0.25) is 0 Å². The summed E-state index contributed by atoms with van der Waals surface area (Å²) in [6, 6.07) is 15.2. The molecular formula is C23H25FN2O2S. The highest BCUT2D eigenvalue weighted by Crippen LogP contribution is 2.33. The Morgan fingerprint density at radius 1 is 1.17 bits per heavy atom. The summed E-state index contributed by atoms with van der Waals surface area (Å²) in [5.41, 5.74) is 2.33. The SMILES string of the molecule is Cc1ccc(SCC2COC(CCc3ccc(F)cc3)(Cn3ccnc3)O2)cc1. The smallest absolute Gasteiger partial charge is 0.187 e. The Hall–Kier alpha value is -2.15. The average molecular weight is 413 g/mol. The lowest BCUT2D eigenvalue weighted by Gasteiger charge is -2.28. The lowest BCUT2D eigenvalue weighted by atomic mass is 10.0. The minimum absolute atomic E-state index is 0.0260.